The Hall–Kier alpha value is -5.14. The first-order valence-electron chi connectivity index (χ1n) is 31.2. The Labute approximate surface area is 490 Å². The summed E-state index contributed by atoms with van der Waals surface area (Å²) in [5, 5.41) is 31.5. The number of allylic oxidation sites excluding steroid dienone is 22. The van der Waals surface area contributed by atoms with E-state index in [9.17, 15) is 34.5 Å². The maximum Gasteiger partial charge on any atom is 0.335 e. The van der Waals surface area contributed by atoms with E-state index in [2.05, 4.69) is 154 Å². The lowest BCUT2D eigenvalue weighted by molar-refractivity contribution is -0.301. The van der Waals surface area contributed by atoms with E-state index in [4.69, 9.17) is 23.7 Å². The molecule has 0 amide bonds. The number of carbonyl (C=O) groups is 4. The Bertz CT molecular complexity index is 1920. The lowest BCUT2D eigenvalue weighted by atomic mass is 9.98. The third-order valence-electron chi connectivity index (χ3n) is 13.2. The fourth-order valence-electron chi connectivity index (χ4n) is 8.48. The van der Waals surface area contributed by atoms with Crippen LogP contribution in [0.4, 0.5) is 0 Å². The summed E-state index contributed by atoms with van der Waals surface area (Å²) in [6, 6.07) is 0. The van der Waals surface area contributed by atoms with Crippen molar-refractivity contribution in [1.29, 1.82) is 0 Å². The highest BCUT2D eigenvalue weighted by Gasteiger charge is 2.50. The van der Waals surface area contributed by atoms with E-state index < -0.39 is 67.3 Å². The quantitative estimate of drug-likeness (QED) is 0.0228. The molecule has 0 radical (unpaired) electrons. The summed E-state index contributed by atoms with van der Waals surface area (Å²) in [7, 11) is 0. The van der Waals surface area contributed by atoms with Crippen LogP contribution in [0.2, 0.25) is 0 Å². The van der Waals surface area contributed by atoms with Gasteiger partial charge in [-0.25, -0.2) is 4.79 Å². The molecule has 1 aliphatic rings. The number of carboxylic acid groups (broad SMARTS) is 1. The van der Waals surface area contributed by atoms with Crippen LogP contribution in [-0.4, -0.2) is 89.2 Å². The minimum absolute atomic E-state index is 0.0317. The second kappa shape index (κ2) is 55.4. The fraction of sp³-hybridized carbons (Fsp3) is 0.623. The van der Waals surface area contributed by atoms with Gasteiger partial charge in [0.15, 0.2) is 24.6 Å². The lowest BCUT2D eigenvalue weighted by Crippen LogP contribution is -2.61. The standard InChI is InChI=1S/C69H108O12/c1-4-7-10-13-16-19-22-25-27-29-31-33-35-38-40-43-46-49-52-55-61(70)77-58-60(79-62(71)56-53-50-47-44-42-39-36-34-32-30-28-26-23-20-17-14-11-8-5-2)59-78-69-67(65(74)64(73)66(81-69)68(75)76)80-63(72)57-54-51-48-45-41-37-24-21-18-15-12-9-6-3/h7-8,10-12,15-17,19-21,24-28,31-34,38,40,60,64-67,69,73-74H,4-6,9,13-14,18,22-23,29-30,35-37,39,41-59H2,1-3H3,(H,75,76)/b10-7-,11-8-,15-12-,19-16-,20-17-,24-21-,27-25-,28-26-,33-31-,34-32-,40-38-. The van der Waals surface area contributed by atoms with Gasteiger partial charge in [-0.15, -0.1) is 0 Å². The molecule has 1 saturated heterocycles. The molecule has 6 unspecified atom stereocenters. The Morgan fingerprint density at radius 3 is 1.20 bits per heavy atom. The summed E-state index contributed by atoms with van der Waals surface area (Å²) in [6.45, 7) is 5.65. The average Bonchev–Trinajstić information content (AvgIpc) is 3.46. The molecule has 0 aromatic heterocycles. The largest absolute Gasteiger partial charge is 0.479 e. The van der Waals surface area contributed by atoms with Crippen molar-refractivity contribution in [3.63, 3.8) is 0 Å². The van der Waals surface area contributed by atoms with Gasteiger partial charge in [-0.1, -0.05) is 212 Å². The summed E-state index contributed by atoms with van der Waals surface area (Å²) in [4.78, 5) is 51.3. The molecule has 6 atom stereocenters. The van der Waals surface area contributed by atoms with Crippen molar-refractivity contribution in [1.82, 2.24) is 0 Å². The molecule has 0 aromatic rings. The maximum absolute atomic E-state index is 13.2. The van der Waals surface area contributed by atoms with E-state index in [1.54, 1.807) is 0 Å². The second-order valence-corrected chi connectivity index (χ2v) is 20.6. The van der Waals surface area contributed by atoms with Crippen molar-refractivity contribution in [2.24, 2.45) is 0 Å². The van der Waals surface area contributed by atoms with Crippen LogP contribution in [0.15, 0.2) is 134 Å². The Balaban J connectivity index is 2.72. The number of esters is 3. The fourth-order valence-corrected chi connectivity index (χ4v) is 8.48. The summed E-state index contributed by atoms with van der Waals surface area (Å²) in [5.41, 5.74) is 0. The molecule has 12 heteroatoms. The van der Waals surface area contributed by atoms with Crippen LogP contribution in [-0.2, 0) is 42.9 Å². The van der Waals surface area contributed by atoms with E-state index in [1.807, 2.05) is 0 Å². The van der Waals surface area contributed by atoms with Gasteiger partial charge < -0.3 is 39.0 Å². The number of unbranched alkanes of at least 4 members (excludes halogenated alkanes) is 15. The number of ether oxygens (including phenoxy) is 5. The molecule has 0 aromatic carbocycles. The number of hydrogen-bond acceptors (Lipinski definition) is 11. The van der Waals surface area contributed by atoms with E-state index in [0.717, 1.165) is 167 Å². The molecule has 1 aliphatic heterocycles. The van der Waals surface area contributed by atoms with Crippen LogP contribution >= 0.6 is 0 Å². The van der Waals surface area contributed by atoms with Crippen LogP contribution in [0.1, 0.15) is 226 Å². The number of aliphatic hydroxyl groups excluding tert-OH is 2. The third-order valence-corrected chi connectivity index (χ3v) is 13.2. The first-order chi connectivity index (χ1) is 39.6. The molecule has 1 rings (SSSR count). The van der Waals surface area contributed by atoms with Gasteiger partial charge in [-0.2, -0.15) is 0 Å². The Morgan fingerprint density at radius 2 is 0.778 bits per heavy atom. The maximum atomic E-state index is 13.2. The molecule has 456 valence electrons. The van der Waals surface area contributed by atoms with Crippen LogP contribution < -0.4 is 0 Å². The summed E-state index contributed by atoms with van der Waals surface area (Å²) in [6.07, 6.45) is 65.5. The number of hydrogen-bond donors (Lipinski definition) is 3. The number of carboxylic acids is 1. The normalized spacial score (nSPS) is 18.7. The lowest BCUT2D eigenvalue weighted by Gasteiger charge is -2.40. The minimum Gasteiger partial charge on any atom is -0.479 e. The molecular formula is C69H108O12. The Kier molecular flexibility index (Phi) is 50.5. The van der Waals surface area contributed by atoms with Crippen molar-refractivity contribution in [3.05, 3.63) is 134 Å². The number of rotatable bonds is 51. The van der Waals surface area contributed by atoms with E-state index in [0.29, 0.717) is 19.3 Å². The zero-order valence-corrected chi connectivity index (χ0v) is 50.2. The van der Waals surface area contributed by atoms with Gasteiger partial charge in [-0.05, 0) is 128 Å². The first kappa shape index (κ1) is 73.9. The van der Waals surface area contributed by atoms with Crippen molar-refractivity contribution >= 4 is 23.9 Å². The van der Waals surface area contributed by atoms with Gasteiger partial charge in [0.1, 0.15) is 18.8 Å². The molecule has 1 fully saturated rings. The molecule has 3 N–H and O–H groups in total. The average molecular weight is 1130 g/mol. The molecule has 0 spiro atoms. The van der Waals surface area contributed by atoms with Crippen molar-refractivity contribution in [3.8, 4) is 0 Å². The molecule has 0 bridgehead atoms. The predicted molar refractivity (Wildman–Crippen MR) is 330 cm³/mol. The summed E-state index contributed by atoms with van der Waals surface area (Å²) < 4.78 is 28.4. The van der Waals surface area contributed by atoms with Crippen molar-refractivity contribution < 1.29 is 58.2 Å². The van der Waals surface area contributed by atoms with Crippen LogP contribution in [0, 0.1) is 0 Å². The van der Waals surface area contributed by atoms with Crippen LogP contribution in [0.3, 0.4) is 0 Å². The van der Waals surface area contributed by atoms with E-state index in [-0.39, 0.29) is 25.9 Å². The van der Waals surface area contributed by atoms with Gasteiger partial charge in [0.2, 0.25) is 0 Å². The molecule has 1 heterocycles. The summed E-state index contributed by atoms with van der Waals surface area (Å²) in [5.74, 6) is -3.22. The highest BCUT2D eigenvalue weighted by atomic mass is 16.7. The predicted octanol–water partition coefficient (Wildman–Crippen LogP) is 16.6. The van der Waals surface area contributed by atoms with Gasteiger partial charge in [0.05, 0.1) is 6.61 Å². The molecule has 0 aliphatic carbocycles. The molecule has 12 nitrogen and oxygen atoms in total. The topological polar surface area (TPSA) is 175 Å². The van der Waals surface area contributed by atoms with Gasteiger partial charge in [-0.3, -0.25) is 14.4 Å². The zero-order chi connectivity index (χ0) is 58.9. The number of aliphatic hydroxyl groups is 2. The minimum atomic E-state index is -1.92. The van der Waals surface area contributed by atoms with Gasteiger partial charge in [0, 0.05) is 19.3 Å². The van der Waals surface area contributed by atoms with Crippen molar-refractivity contribution in [2.75, 3.05) is 13.2 Å². The monoisotopic (exact) mass is 1130 g/mol. The summed E-state index contributed by atoms with van der Waals surface area (Å²) >= 11 is 0. The smallest absolute Gasteiger partial charge is 0.335 e. The van der Waals surface area contributed by atoms with Gasteiger partial charge in [0.25, 0.3) is 0 Å². The van der Waals surface area contributed by atoms with Gasteiger partial charge >= 0.3 is 23.9 Å². The number of aliphatic carboxylic acids is 1. The van der Waals surface area contributed by atoms with E-state index in [1.165, 1.54) is 0 Å². The SMILES string of the molecule is CC/C=C\C/C=C\C/C=C\C/C=C\C/C=C\CCCCCC(=O)OCC(COC1OC(C(=O)O)C(O)C(O)C1OC(=O)CCCCCCC/C=C\C/C=C\CCC)OC(=O)CCCCCCCC/C=C\C/C=C\C/C=C\C/C=C\CC. The Morgan fingerprint density at radius 1 is 0.420 bits per heavy atom. The van der Waals surface area contributed by atoms with E-state index >= 15 is 0 Å². The van der Waals surface area contributed by atoms with Crippen LogP contribution in [0.5, 0.6) is 0 Å². The zero-order valence-electron chi connectivity index (χ0n) is 50.2. The highest BCUT2D eigenvalue weighted by molar-refractivity contribution is 5.74. The number of carbonyl (C=O) groups excluding carboxylic acids is 3. The molecular weight excluding hydrogens is 1020 g/mol. The third kappa shape index (κ3) is 45.1. The second-order valence-electron chi connectivity index (χ2n) is 20.6. The van der Waals surface area contributed by atoms with Crippen molar-refractivity contribution in [2.45, 2.75) is 263 Å². The molecule has 81 heavy (non-hydrogen) atoms. The first-order valence-corrected chi connectivity index (χ1v) is 31.2. The highest BCUT2D eigenvalue weighted by Crippen LogP contribution is 2.26. The van der Waals surface area contributed by atoms with Crippen LogP contribution in [0.25, 0.3) is 0 Å². The molecule has 0 saturated carbocycles.